The Labute approximate surface area is 146 Å². The Hall–Kier alpha value is -1.39. The number of aryl methyl sites for hydroxylation is 1. The molecule has 0 radical (unpaired) electrons. The van der Waals surface area contributed by atoms with Gasteiger partial charge in [0, 0.05) is 35.0 Å². The van der Waals surface area contributed by atoms with Crippen molar-refractivity contribution in [3.05, 3.63) is 28.8 Å². The van der Waals surface area contributed by atoms with Crippen LogP contribution in [0, 0.1) is 6.92 Å². The normalized spacial score (nSPS) is 18.3. The first kappa shape index (κ1) is 18.9. The zero-order chi connectivity index (χ0) is 17.9. The Balaban J connectivity index is 2.12. The maximum atomic E-state index is 10.3. The van der Waals surface area contributed by atoms with Gasteiger partial charge in [-0.05, 0) is 52.2 Å². The molecule has 24 heavy (non-hydrogen) atoms. The number of aliphatic hydroxyl groups excluding tert-OH is 1. The number of nitrogens with zero attached hydrogens (tertiary/aromatic N) is 1. The van der Waals surface area contributed by atoms with E-state index in [1.54, 1.807) is 0 Å². The standard InChI is InChI=1S/C20H32N2O2/c1-12(2)21-15(6)18(23)11-24-19-10-7-14(5)20-16(19)8-9-17(20)22-13(3)4/h7,10,12-13,15,18,21,23H,8-9,11H2,1-6H3/b22-17+/t15-,18+/m0/s1. The van der Waals surface area contributed by atoms with Crippen LogP contribution in [0.15, 0.2) is 17.1 Å². The van der Waals surface area contributed by atoms with Crippen molar-refractivity contribution in [2.45, 2.75) is 78.6 Å². The minimum Gasteiger partial charge on any atom is -0.491 e. The van der Waals surface area contributed by atoms with Crippen LogP contribution in [-0.4, -0.2) is 41.7 Å². The maximum absolute atomic E-state index is 10.3. The zero-order valence-electron chi connectivity index (χ0n) is 15.9. The second-order valence-electron chi connectivity index (χ2n) is 7.39. The van der Waals surface area contributed by atoms with E-state index in [0.29, 0.717) is 18.7 Å². The van der Waals surface area contributed by atoms with Crippen LogP contribution in [-0.2, 0) is 6.42 Å². The number of benzene rings is 1. The third-order valence-corrected chi connectivity index (χ3v) is 4.38. The average Bonchev–Trinajstić information content (AvgIpc) is 2.89. The van der Waals surface area contributed by atoms with E-state index in [1.165, 1.54) is 22.4 Å². The van der Waals surface area contributed by atoms with Crippen LogP contribution in [0.3, 0.4) is 0 Å². The van der Waals surface area contributed by atoms with Crippen LogP contribution >= 0.6 is 0 Å². The Morgan fingerprint density at radius 1 is 1.17 bits per heavy atom. The van der Waals surface area contributed by atoms with Crippen LogP contribution in [0.25, 0.3) is 0 Å². The molecule has 0 aliphatic heterocycles. The monoisotopic (exact) mass is 332 g/mol. The molecule has 0 amide bonds. The molecule has 0 saturated carbocycles. The molecule has 1 aliphatic carbocycles. The van der Waals surface area contributed by atoms with Crippen LogP contribution in [0.2, 0.25) is 0 Å². The van der Waals surface area contributed by atoms with Gasteiger partial charge in [0.1, 0.15) is 18.5 Å². The summed E-state index contributed by atoms with van der Waals surface area (Å²) in [5, 5.41) is 13.6. The molecule has 1 aliphatic rings. The lowest BCUT2D eigenvalue weighted by atomic mass is 10.0. The SMILES string of the molecule is Cc1ccc(OC[C@@H](O)[C@H](C)NC(C)C)c2c1/C(=N/C(C)C)CC2. The summed E-state index contributed by atoms with van der Waals surface area (Å²) in [4.78, 5) is 4.78. The highest BCUT2D eigenvalue weighted by atomic mass is 16.5. The molecule has 0 heterocycles. The quantitative estimate of drug-likeness (QED) is 0.806. The van der Waals surface area contributed by atoms with Crippen molar-refractivity contribution in [1.29, 1.82) is 0 Å². The minimum absolute atomic E-state index is 0.00145. The number of aliphatic imine (C=N–C) groups is 1. The summed E-state index contributed by atoms with van der Waals surface area (Å²) >= 11 is 0. The highest BCUT2D eigenvalue weighted by molar-refractivity contribution is 6.06. The molecular formula is C20H32N2O2. The van der Waals surface area contributed by atoms with Gasteiger partial charge in [0.2, 0.25) is 0 Å². The van der Waals surface area contributed by atoms with E-state index >= 15 is 0 Å². The molecule has 4 nitrogen and oxygen atoms in total. The predicted molar refractivity (Wildman–Crippen MR) is 100 cm³/mol. The summed E-state index contributed by atoms with van der Waals surface area (Å²) in [5.41, 5.74) is 4.94. The van der Waals surface area contributed by atoms with Crippen LogP contribution in [0.4, 0.5) is 0 Å². The summed E-state index contributed by atoms with van der Waals surface area (Å²) in [5.74, 6) is 0.889. The van der Waals surface area contributed by atoms with Gasteiger partial charge >= 0.3 is 0 Å². The molecule has 0 bridgehead atoms. The van der Waals surface area contributed by atoms with E-state index in [-0.39, 0.29) is 6.04 Å². The molecule has 0 saturated heterocycles. The van der Waals surface area contributed by atoms with Crippen molar-refractivity contribution in [3.63, 3.8) is 0 Å². The molecule has 1 aromatic rings. The molecule has 4 heteroatoms. The van der Waals surface area contributed by atoms with E-state index in [1.807, 2.05) is 13.0 Å². The Morgan fingerprint density at radius 2 is 1.88 bits per heavy atom. The lowest BCUT2D eigenvalue weighted by molar-refractivity contribution is 0.0755. The summed E-state index contributed by atoms with van der Waals surface area (Å²) in [6, 6.07) is 4.77. The largest absolute Gasteiger partial charge is 0.491 e. The molecule has 0 spiro atoms. The Kier molecular flexibility index (Phi) is 6.41. The van der Waals surface area contributed by atoms with Gasteiger partial charge in [-0.3, -0.25) is 4.99 Å². The highest BCUT2D eigenvalue weighted by Crippen LogP contribution is 2.34. The van der Waals surface area contributed by atoms with Crippen LogP contribution in [0.5, 0.6) is 5.75 Å². The first-order chi connectivity index (χ1) is 11.3. The maximum Gasteiger partial charge on any atom is 0.123 e. The van der Waals surface area contributed by atoms with Crippen LogP contribution in [0.1, 0.15) is 57.7 Å². The van der Waals surface area contributed by atoms with Gasteiger partial charge in [0.15, 0.2) is 0 Å². The fourth-order valence-corrected chi connectivity index (χ4v) is 3.30. The first-order valence-corrected chi connectivity index (χ1v) is 9.06. The van der Waals surface area contributed by atoms with Gasteiger partial charge in [0.05, 0.1) is 0 Å². The third kappa shape index (κ3) is 4.58. The molecule has 0 fully saturated rings. The number of fused-ring (bicyclic) bond motifs is 1. The van der Waals surface area contributed by atoms with Crippen molar-refractivity contribution in [2.75, 3.05) is 6.61 Å². The zero-order valence-corrected chi connectivity index (χ0v) is 15.9. The topological polar surface area (TPSA) is 53.9 Å². The molecule has 1 aromatic carbocycles. The van der Waals surface area contributed by atoms with Gasteiger partial charge in [-0.25, -0.2) is 0 Å². The molecular weight excluding hydrogens is 300 g/mol. The number of nitrogens with one attached hydrogen (secondary N) is 1. The van der Waals surface area contributed by atoms with Crippen molar-refractivity contribution in [2.24, 2.45) is 4.99 Å². The van der Waals surface area contributed by atoms with Crippen LogP contribution < -0.4 is 10.1 Å². The van der Waals surface area contributed by atoms with E-state index in [2.05, 4.69) is 46.0 Å². The first-order valence-electron chi connectivity index (χ1n) is 9.06. The predicted octanol–water partition coefficient (Wildman–Crippen LogP) is 3.26. The number of hydrogen-bond acceptors (Lipinski definition) is 4. The minimum atomic E-state index is -0.533. The third-order valence-electron chi connectivity index (χ3n) is 4.38. The summed E-state index contributed by atoms with van der Waals surface area (Å²) in [7, 11) is 0. The van der Waals surface area contributed by atoms with E-state index in [4.69, 9.17) is 9.73 Å². The van der Waals surface area contributed by atoms with Crippen molar-refractivity contribution < 1.29 is 9.84 Å². The molecule has 0 unspecified atom stereocenters. The number of aliphatic hydroxyl groups is 1. The number of hydrogen-bond donors (Lipinski definition) is 2. The fraction of sp³-hybridized carbons (Fsp3) is 0.650. The van der Waals surface area contributed by atoms with Gasteiger partial charge in [-0.15, -0.1) is 0 Å². The number of rotatable bonds is 7. The fourth-order valence-electron chi connectivity index (χ4n) is 3.30. The van der Waals surface area contributed by atoms with E-state index < -0.39 is 6.10 Å². The molecule has 2 N–H and O–H groups in total. The Morgan fingerprint density at radius 3 is 2.50 bits per heavy atom. The second kappa shape index (κ2) is 8.13. The smallest absolute Gasteiger partial charge is 0.123 e. The van der Waals surface area contributed by atoms with Crippen molar-refractivity contribution in [3.8, 4) is 5.75 Å². The van der Waals surface area contributed by atoms with Gasteiger partial charge in [-0.1, -0.05) is 19.9 Å². The molecule has 2 rings (SSSR count). The second-order valence-corrected chi connectivity index (χ2v) is 7.39. The lowest BCUT2D eigenvalue weighted by Gasteiger charge is -2.23. The lowest BCUT2D eigenvalue weighted by Crippen LogP contribution is -2.43. The highest BCUT2D eigenvalue weighted by Gasteiger charge is 2.24. The average molecular weight is 332 g/mol. The van der Waals surface area contributed by atoms with Gasteiger partial charge < -0.3 is 15.2 Å². The Bertz CT molecular complexity index is 594. The summed E-state index contributed by atoms with van der Waals surface area (Å²) in [6.07, 6.45) is 1.41. The molecule has 2 atom stereocenters. The summed E-state index contributed by atoms with van der Waals surface area (Å²) in [6.45, 7) is 12.8. The molecule has 0 aromatic heterocycles. The molecule has 134 valence electrons. The number of ether oxygens (including phenoxy) is 1. The van der Waals surface area contributed by atoms with Gasteiger partial charge in [0.25, 0.3) is 0 Å². The van der Waals surface area contributed by atoms with Gasteiger partial charge in [-0.2, -0.15) is 0 Å². The van der Waals surface area contributed by atoms with Crippen molar-refractivity contribution in [1.82, 2.24) is 5.32 Å². The summed E-state index contributed by atoms with van der Waals surface area (Å²) < 4.78 is 5.98. The van der Waals surface area contributed by atoms with E-state index in [0.717, 1.165) is 18.6 Å². The van der Waals surface area contributed by atoms with E-state index in [9.17, 15) is 5.11 Å². The van der Waals surface area contributed by atoms with Crippen molar-refractivity contribution >= 4 is 5.71 Å².